The molecule has 0 unspecified atom stereocenters. The molecule has 0 bridgehead atoms. The maximum Gasteiger partial charge on any atom is 0.288 e. The normalized spacial score (nSPS) is 10.7. The Hall–Kier alpha value is -2.08. The molecule has 0 saturated heterocycles. The quantitative estimate of drug-likeness (QED) is 0.693. The molecule has 1 aromatic heterocycles. The van der Waals surface area contributed by atoms with E-state index < -0.39 is 4.92 Å². The Morgan fingerprint density at radius 3 is 2.57 bits per heavy atom. The van der Waals surface area contributed by atoms with Crippen LogP contribution in [0.15, 0.2) is 12.1 Å². The van der Waals surface area contributed by atoms with Crippen molar-refractivity contribution in [3.8, 4) is 0 Å². The SMILES string of the molecule is Cc1cc([N+](=O)[O-])c(Cl)cc1NCc1c(C)nn(C)c1C. The number of aryl methyl sites for hydroxylation is 3. The largest absolute Gasteiger partial charge is 0.381 e. The molecule has 1 aromatic carbocycles. The highest BCUT2D eigenvalue weighted by Crippen LogP contribution is 2.31. The van der Waals surface area contributed by atoms with Crippen molar-refractivity contribution < 1.29 is 4.92 Å². The van der Waals surface area contributed by atoms with Crippen LogP contribution in [-0.2, 0) is 13.6 Å². The fourth-order valence-electron chi connectivity index (χ4n) is 2.25. The lowest BCUT2D eigenvalue weighted by Gasteiger charge is -2.10. The predicted octanol–water partition coefficient (Wildman–Crippen LogP) is 3.52. The topological polar surface area (TPSA) is 73.0 Å². The van der Waals surface area contributed by atoms with Crippen molar-refractivity contribution in [2.75, 3.05) is 5.32 Å². The number of rotatable bonds is 4. The summed E-state index contributed by atoms with van der Waals surface area (Å²) in [6, 6.07) is 3.07. The van der Waals surface area contributed by atoms with Crippen LogP contribution in [0.3, 0.4) is 0 Å². The number of nitrogens with one attached hydrogen (secondary N) is 1. The van der Waals surface area contributed by atoms with Gasteiger partial charge in [-0.3, -0.25) is 14.8 Å². The minimum absolute atomic E-state index is 0.0755. The second-order valence-corrected chi connectivity index (χ2v) is 5.41. The molecule has 0 aliphatic carbocycles. The minimum atomic E-state index is -0.478. The zero-order valence-electron chi connectivity index (χ0n) is 12.4. The molecule has 0 aliphatic heterocycles. The molecular weight excluding hydrogens is 292 g/mol. The third-order valence-electron chi connectivity index (χ3n) is 3.61. The van der Waals surface area contributed by atoms with E-state index in [-0.39, 0.29) is 10.7 Å². The summed E-state index contributed by atoms with van der Waals surface area (Å²) in [5.41, 5.74) is 4.66. The second-order valence-electron chi connectivity index (χ2n) is 5.00. The molecule has 0 amide bonds. The van der Waals surface area contributed by atoms with Crippen LogP contribution in [0.4, 0.5) is 11.4 Å². The van der Waals surface area contributed by atoms with Gasteiger partial charge in [0.05, 0.1) is 10.6 Å². The molecule has 0 aliphatic rings. The molecule has 6 nitrogen and oxygen atoms in total. The zero-order chi connectivity index (χ0) is 15.7. The van der Waals surface area contributed by atoms with Crippen LogP contribution in [0.2, 0.25) is 5.02 Å². The van der Waals surface area contributed by atoms with Crippen LogP contribution in [0.5, 0.6) is 0 Å². The summed E-state index contributed by atoms with van der Waals surface area (Å²) in [7, 11) is 1.90. The van der Waals surface area contributed by atoms with Gasteiger partial charge in [0.2, 0.25) is 0 Å². The van der Waals surface area contributed by atoms with Crippen LogP contribution in [0.1, 0.15) is 22.5 Å². The molecule has 2 rings (SSSR count). The van der Waals surface area contributed by atoms with Gasteiger partial charge in [-0.15, -0.1) is 0 Å². The van der Waals surface area contributed by atoms with Crippen molar-refractivity contribution in [2.24, 2.45) is 7.05 Å². The standard InChI is InChI=1S/C14H17ClN4O2/c1-8-5-14(19(20)21)12(15)6-13(8)16-7-11-9(2)17-18(4)10(11)3/h5-6,16H,7H2,1-4H3. The number of anilines is 1. The summed E-state index contributed by atoms with van der Waals surface area (Å²) >= 11 is 5.95. The first kappa shape index (κ1) is 15.3. The summed E-state index contributed by atoms with van der Waals surface area (Å²) in [6.45, 7) is 6.38. The van der Waals surface area contributed by atoms with E-state index in [4.69, 9.17) is 11.6 Å². The van der Waals surface area contributed by atoms with Crippen molar-refractivity contribution in [1.29, 1.82) is 0 Å². The van der Waals surface area contributed by atoms with E-state index in [1.54, 1.807) is 6.07 Å². The van der Waals surface area contributed by atoms with Gasteiger partial charge in [-0.1, -0.05) is 11.6 Å². The summed E-state index contributed by atoms with van der Waals surface area (Å²) in [6.07, 6.45) is 0. The lowest BCUT2D eigenvalue weighted by Crippen LogP contribution is -2.04. The van der Waals surface area contributed by atoms with Gasteiger partial charge < -0.3 is 5.32 Å². The van der Waals surface area contributed by atoms with Crippen LogP contribution >= 0.6 is 11.6 Å². The number of hydrogen-bond donors (Lipinski definition) is 1. The van der Waals surface area contributed by atoms with E-state index in [0.29, 0.717) is 6.54 Å². The lowest BCUT2D eigenvalue weighted by atomic mass is 10.1. The molecule has 0 radical (unpaired) electrons. The highest BCUT2D eigenvalue weighted by molar-refractivity contribution is 6.33. The lowest BCUT2D eigenvalue weighted by molar-refractivity contribution is -0.384. The number of aromatic nitrogens is 2. The molecule has 0 fully saturated rings. The molecular formula is C14H17ClN4O2. The van der Waals surface area contributed by atoms with Crippen molar-refractivity contribution in [3.05, 3.63) is 49.8 Å². The monoisotopic (exact) mass is 308 g/mol. The number of nitro groups is 1. The highest BCUT2D eigenvalue weighted by Gasteiger charge is 2.15. The number of benzene rings is 1. The Kier molecular flexibility index (Phi) is 4.18. The number of nitro benzene ring substituents is 1. The van der Waals surface area contributed by atoms with E-state index in [2.05, 4.69) is 10.4 Å². The fraction of sp³-hybridized carbons (Fsp3) is 0.357. The molecule has 21 heavy (non-hydrogen) atoms. The number of nitrogens with zero attached hydrogens (tertiary/aromatic N) is 3. The van der Waals surface area contributed by atoms with Gasteiger partial charge in [0, 0.05) is 36.6 Å². The third-order valence-corrected chi connectivity index (χ3v) is 3.91. The summed E-state index contributed by atoms with van der Waals surface area (Å²) < 4.78 is 1.84. The van der Waals surface area contributed by atoms with Crippen LogP contribution in [0, 0.1) is 30.9 Å². The van der Waals surface area contributed by atoms with Gasteiger partial charge in [-0.2, -0.15) is 5.10 Å². The van der Waals surface area contributed by atoms with Crippen LogP contribution in [0.25, 0.3) is 0 Å². The average molecular weight is 309 g/mol. The van der Waals surface area contributed by atoms with Crippen molar-refractivity contribution >= 4 is 23.0 Å². The molecule has 1 N–H and O–H groups in total. The average Bonchev–Trinajstić information content (AvgIpc) is 2.64. The Balaban J connectivity index is 2.25. The van der Waals surface area contributed by atoms with Crippen molar-refractivity contribution in [2.45, 2.75) is 27.3 Å². The second kappa shape index (κ2) is 5.73. The Labute approximate surface area is 127 Å². The summed E-state index contributed by atoms with van der Waals surface area (Å²) in [5.74, 6) is 0. The van der Waals surface area contributed by atoms with Gasteiger partial charge in [0.25, 0.3) is 5.69 Å². The van der Waals surface area contributed by atoms with Gasteiger partial charge in [-0.05, 0) is 32.4 Å². The maximum absolute atomic E-state index is 10.8. The number of halogens is 1. The Morgan fingerprint density at radius 2 is 2.05 bits per heavy atom. The smallest absolute Gasteiger partial charge is 0.288 e. The van der Waals surface area contributed by atoms with Crippen LogP contribution < -0.4 is 5.32 Å². The minimum Gasteiger partial charge on any atom is -0.381 e. The molecule has 0 atom stereocenters. The van der Waals surface area contributed by atoms with Gasteiger partial charge in [0.15, 0.2) is 0 Å². The fourth-order valence-corrected chi connectivity index (χ4v) is 2.49. The zero-order valence-corrected chi connectivity index (χ0v) is 13.2. The number of hydrogen-bond acceptors (Lipinski definition) is 4. The van der Waals surface area contributed by atoms with E-state index in [1.165, 1.54) is 6.07 Å². The van der Waals surface area contributed by atoms with E-state index in [9.17, 15) is 10.1 Å². The Morgan fingerprint density at radius 1 is 1.38 bits per heavy atom. The maximum atomic E-state index is 10.8. The molecule has 0 saturated carbocycles. The first-order valence-corrected chi connectivity index (χ1v) is 6.86. The molecule has 2 aromatic rings. The van der Waals surface area contributed by atoms with Crippen molar-refractivity contribution in [3.63, 3.8) is 0 Å². The summed E-state index contributed by atoms with van der Waals surface area (Å²) in [4.78, 5) is 10.4. The molecule has 7 heteroatoms. The predicted molar refractivity (Wildman–Crippen MR) is 82.9 cm³/mol. The van der Waals surface area contributed by atoms with Crippen molar-refractivity contribution in [1.82, 2.24) is 9.78 Å². The third kappa shape index (κ3) is 3.00. The first-order chi connectivity index (χ1) is 9.81. The van der Waals surface area contributed by atoms with Gasteiger partial charge in [0.1, 0.15) is 5.02 Å². The van der Waals surface area contributed by atoms with E-state index in [0.717, 1.165) is 28.2 Å². The van der Waals surface area contributed by atoms with Crippen LogP contribution in [-0.4, -0.2) is 14.7 Å². The van der Waals surface area contributed by atoms with E-state index in [1.807, 2.05) is 32.5 Å². The van der Waals surface area contributed by atoms with E-state index >= 15 is 0 Å². The molecule has 1 heterocycles. The highest BCUT2D eigenvalue weighted by atomic mass is 35.5. The first-order valence-electron chi connectivity index (χ1n) is 6.48. The van der Waals surface area contributed by atoms with Gasteiger partial charge in [-0.25, -0.2) is 0 Å². The Bertz CT molecular complexity index is 709. The van der Waals surface area contributed by atoms with Gasteiger partial charge >= 0.3 is 0 Å². The molecule has 112 valence electrons. The summed E-state index contributed by atoms with van der Waals surface area (Å²) in [5, 5.41) is 18.6. The molecule has 0 spiro atoms.